The molecular formula is C19H16Cl2CrN2. The van der Waals surface area contributed by atoms with E-state index in [2.05, 4.69) is 70.2 Å². The smallest absolute Gasteiger partial charge is 1.00 e. The van der Waals surface area contributed by atoms with E-state index < -0.39 is 0 Å². The zero-order valence-corrected chi connectivity index (χ0v) is 15.6. The number of aromatic nitrogens is 2. The van der Waals surface area contributed by atoms with E-state index >= 15 is 0 Å². The van der Waals surface area contributed by atoms with Gasteiger partial charge in [-0.3, -0.25) is 0 Å². The SMILES string of the molecule is C1=CC(Cc2nccn2-c2ccccc2)c2ccccc21.[Cl-].[Cl-].[Cr+2]. The standard InChI is InChI=1S/C19H16N2.2ClH.Cr/c1-2-7-17(8-3-1)21-13-12-20-19(21)14-16-11-10-15-6-4-5-9-18(15)16;;;/h1-13,16H,14H2;2*1H;/q;;;+2/p-2. The maximum Gasteiger partial charge on any atom is 2.00 e. The summed E-state index contributed by atoms with van der Waals surface area (Å²) < 4.78 is 2.18. The van der Waals surface area contributed by atoms with Gasteiger partial charge in [0.05, 0.1) is 0 Å². The molecule has 0 bridgehead atoms. The van der Waals surface area contributed by atoms with E-state index in [0.29, 0.717) is 5.92 Å². The first-order valence-corrected chi connectivity index (χ1v) is 7.26. The Balaban J connectivity index is 0.000000960. The summed E-state index contributed by atoms with van der Waals surface area (Å²) in [6, 6.07) is 19.0. The number of imidazole rings is 1. The van der Waals surface area contributed by atoms with Crippen LogP contribution in [0, 0.1) is 0 Å². The first kappa shape index (κ1) is 20.5. The summed E-state index contributed by atoms with van der Waals surface area (Å²) in [4.78, 5) is 4.56. The Morgan fingerprint density at radius 2 is 1.62 bits per heavy atom. The molecule has 0 saturated heterocycles. The number of halogens is 2. The summed E-state index contributed by atoms with van der Waals surface area (Å²) in [5.41, 5.74) is 3.90. The molecule has 1 unspecified atom stereocenters. The van der Waals surface area contributed by atoms with Crippen LogP contribution in [0.1, 0.15) is 22.9 Å². The predicted molar refractivity (Wildman–Crippen MR) is 85.5 cm³/mol. The van der Waals surface area contributed by atoms with Crippen LogP contribution >= 0.6 is 0 Å². The Labute approximate surface area is 165 Å². The molecule has 2 aromatic carbocycles. The van der Waals surface area contributed by atoms with Crippen molar-refractivity contribution in [3.63, 3.8) is 0 Å². The Kier molecular flexibility index (Phi) is 7.80. The average molecular weight is 395 g/mol. The summed E-state index contributed by atoms with van der Waals surface area (Å²) in [5.74, 6) is 1.53. The topological polar surface area (TPSA) is 17.8 Å². The third kappa shape index (κ3) is 3.94. The molecule has 0 N–H and O–H groups in total. The summed E-state index contributed by atoms with van der Waals surface area (Å²) in [6.07, 6.45) is 9.35. The van der Waals surface area contributed by atoms with Crippen molar-refractivity contribution in [3.8, 4) is 5.69 Å². The molecule has 1 aromatic heterocycles. The van der Waals surface area contributed by atoms with Crippen molar-refractivity contribution >= 4 is 6.08 Å². The number of fused-ring (bicyclic) bond motifs is 1. The van der Waals surface area contributed by atoms with Gasteiger partial charge in [0.1, 0.15) is 5.82 Å². The van der Waals surface area contributed by atoms with Gasteiger partial charge in [-0.25, -0.2) is 4.98 Å². The minimum atomic E-state index is 0. The third-order valence-electron chi connectivity index (χ3n) is 4.06. The molecule has 1 atom stereocenters. The van der Waals surface area contributed by atoms with E-state index in [0.717, 1.165) is 12.2 Å². The number of allylic oxidation sites excluding steroid dienone is 1. The molecule has 0 aliphatic heterocycles. The minimum absolute atomic E-state index is 0. The number of hydrogen-bond acceptors (Lipinski definition) is 1. The van der Waals surface area contributed by atoms with Crippen LogP contribution in [-0.2, 0) is 23.8 Å². The van der Waals surface area contributed by atoms with Crippen molar-refractivity contribution in [2.75, 3.05) is 0 Å². The number of rotatable bonds is 3. The van der Waals surface area contributed by atoms with Crippen molar-refractivity contribution < 1.29 is 42.2 Å². The van der Waals surface area contributed by atoms with Gasteiger partial charge < -0.3 is 29.4 Å². The molecular weight excluding hydrogens is 379 g/mol. The maximum absolute atomic E-state index is 4.56. The molecule has 1 aliphatic carbocycles. The molecule has 122 valence electrons. The first-order valence-electron chi connectivity index (χ1n) is 7.26. The van der Waals surface area contributed by atoms with Gasteiger partial charge in [0.2, 0.25) is 0 Å². The van der Waals surface area contributed by atoms with Crippen LogP contribution in [0.2, 0.25) is 0 Å². The van der Waals surface area contributed by atoms with E-state index in [1.54, 1.807) is 0 Å². The Bertz CT molecular complexity index is 800. The number of para-hydroxylation sites is 1. The van der Waals surface area contributed by atoms with Crippen molar-refractivity contribution in [1.82, 2.24) is 9.55 Å². The summed E-state index contributed by atoms with van der Waals surface area (Å²) in [7, 11) is 0. The van der Waals surface area contributed by atoms with E-state index in [-0.39, 0.29) is 42.2 Å². The van der Waals surface area contributed by atoms with Crippen LogP contribution < -0.4 is 24.8 Å². The molecule has 5 heteroatoms. The summed E-state index contributed by atoms with van der Waals surface area (Å²) >= 11 is 0. The molecule has 3 aromatic rings. The Morgan fingerprint density at radius 3 is 2.42 bits per heavy atom. The Morgan fingerprint density at radius 1 is 0.917 bits per heavy atom. The van der Waals surface area contributed by atoms with E-state index in [1.807, 2.05) is 18.5 Å². The van der Waals surface area contributed by atoms with Crippen molar-refractivity contribution in [1.29, 1.82) is 0 Å². The van der Waals surface area contributed by atoms with Gasteiger partial charge in [-0.05, 0) is 23.3 Å². The normalized spacial score (nSPS) is 14.1. The fourth-order valence-electron chi connectivity index (χ4n) is 3.01. The molecule has 0 amide bonds. The van der Waals surface area contributed by atoms with Crippen LogP contribution in [0.15, 0.2) is 73.1 Å². The molecule has 4 rings (SSSR count). The molecule has 24 heavy (non-hydrogen) atoms. The molecule has 0 saturated carbocycles. The van der Waals surface area contributed by atoms with Crippen LogP contribution in [0.5, 0.6) is 0 Å². The summed E-state index contributed by atoms with van der Waals surface area (Å²) in [6.45, 7) is 0. The van der Waals surface area contributed by atoms with Crippen LogP contribution in [0.4, 0.5) is 0 Å². The monoisotopic (exact) mass is 394 g/mol. The molecule has 2 nitrogen and oxygen atoms in total. The average Bonchev–Trinajstić information content (AvgIpc) is 3.16. The van der Waals surface area contributed by atoms with E-state index in [9.17, 15) is 0 Å². The fourth-order valence-corrected chi connectivity index (χ4v) is 3.01. The van der Waals surface area contributed by atoms with Gasteiger partial charge in [-0.1, -0.05) is 54.6 Å². The predicted octanol–water partition coefficient (Wildman–Crippen LogP) is -1.77. The van der Waals surface area contributed by atoms with Crippen molar-refractivity contribution in [2.45, 2.75) is 12.3 Å². The molecule has 0 fully saturated rings. The maximum atomic E-state index is 4.56. The van der Waals surface area contributed by atoms with Gasteiger partial charge in [0, 0.05) is 30.4 Å². The molecule has 1 heterocycles. The zero-order valence-electron chi connectivity index (χ0n) is 12.8. The van der Waals surface area contributed by atoms with Crippen LogP contribution in [0.3, 0.4) is 0 Å². The Hall–Kier alpha value is -1.50. The van der Waals surface area contributed by atoms with E-state index in [1.165, 1.54) is 16.8 Å². The number of hydrogen-bond donors (Lipinski definition) is 0. The van der Waals surface area contributed by atoms with Gasteiger partial charge in [-0.15, -0.1) is 0 Å². The quantitative estimate of drug-likeness (QED) is 0.514. The third-order valence-corrected chi connectivity index (χ3v) is 4.06. The van der Waals surface area contributed by atoms with Gasteiger partial charge >= 0.3 is 17.4 Å². The van der Waals surface area contributed by atoms with Gasteiger partial charge in [0.15, 0.2) is 0 Å². The molecule has 0 spiro atoms. The molecule has 1 aliphatic rings. The van der Waals surface area contributed by atoms with Crippen LogP contribution in [0.25, 0.3) is 11.8 Å². The number of benzene rings is 2. The first-order chi connectivity index (χ1) is 10.4. The second-order valence-electron chi connectivity index (χ2n) is 5.35. The largest absolute Gasteiger partial charge is 2.00 e. The molecule has 0 radical (unpaired) electrons. The minimum Gasteiger partial charge on any atom is -1.00 e. The fraction of sp³-hybridized carbons (Fsp3) is 0.105. The van der Waals surface area contributed by atoms with Gasteiger partial charge in [0.25, 0.3) is 0 Å². The summed E-state index contributed by atoms with van der Waals surface area (Å²) in [5, 5.41) is 0. The number of nitrogens with zero attached hydrogens (tertiary/aromatic N) is 2. The second-order valence-corrected chi connectivity index (χ2v) is 5.35. The zero-order chi connectivity index (χ0) is 14.1. The van der Waals surface area contributed by atoms with Crippen molar-refractivity contribution in [3.05, 3.63) is 90.0 Å². The van der Waals surface area contributed by atoms with E-state index in [4.69, 9.17) is 0 Å². The second kappa shape index (κ2) is 9.11. The van der Waals surface area contributed by atoms with Crippen molar-refractivity contribution in [2.24, 2.45) is 0 Å². The van der Waals surface area contributed by atoms with Gasteiger partial charge in [-0.2, -0.15) is 0 Å². The van der Waals surface area contributed by atoms with Crippen LogP contribution in [-0.4, -0.2) is 9.55 Å².